The number of ether oxygens (including phenoxy) is 1. The summed E-state index contributed by atoms with van der Waals surface area (Å²) < 4.78 is 6.08. The van der Waals surface area contributed by atoms with Crippen LogP contribution < -0.4 is 5.32 Å². The molecule has 1 aromatic rings. The Kier molecular flexibility index (Phi) is 6.13. The average Bonchev–Trinajstić information content (AvgIpc) is 2.63. The molecule has 0 radical (unpaired) electrons. The van der Waals surface area contributed by atoms with E-state index in [1.165, 1.54) is 29.5 Å². The Morgan fingerprint density at radius 2 is 2.04 bits per heavy atom. The van der Waals surface area contributed by atoms with E-state index in [9.17, 15) is 4.79 Å². The first-order chi connectivity index (χ1) is 12.0. The van der Waals surface area contributed by atoms with Crippen LogP contribution in [0.25, 0.3) is 0 Å². The van der Waals surface area contributed by atoms with Crippen molar-refractivity contribution in [3.8, 4) is 0 Å². The molecule has 0 unspecified atom stereocenters. The van der Waals surface area contributed by atoms with Crippen LogP contribution in [0.2, 0.25) is 0 Å². The Hall–Kier alpha value is -1.39. The quantitative estimate of drug-likeness (QED) is 0.910. The van der Waals surface area contributed by atoms with Crippen LogP contribution in [0.1, 0.15) is 55.4 Å². The largest absolute Gasteiger partial charge is 0.370 e. The third-order valence-electron chi connectivity index (χ3n) is 5.76. The third kappa shape index (κ3) is 4.62. The highest BCUT2D eigenvalue weighted by Crippen LogP contribution is 2.29. The zero-order valence-electron chi connectivity index (χ0n) is 15.9. The van der Waals surface area contributed by atoms with Crippen molar-refractivity contribution in [2.45, 2.75) is 58.6 Å². The lowest BCUT2D eigenvalue weighted by Gasteiger charge is -2.39. The number of piperidine rings is 1. The molecule has 138 valence electrons. The Balaban J connectivity index is 1.61. The van der Waals surface area contributed by atoms with Crippen LogP contribution in [0.4, 0.5) is 0 Å². The molecule has 1 amide bonds. The summed E-state index contributed by atoms with van der Waals surface area (Å²) in [6.45, 7) is 9.83. The van der Waals surface area contributed by atoms with Gasteiger partial charge in [-0.2, -0.15) is 0 Å². The van der Waals surface area contributed by atoms with Crippen molar-refractivity contribution < 1.29 is 9.53 Å². The third-order valence-corrected chi connectivity index (χ3v) is 5.76. The number of aryl methyl sites for hydroxylation is 2. The standard InChI is InChI=1S/C21H32N2O2/c1-15-4-5-16(2)19(12-15)20-13-23(17(3)14-25-20)21(24)7-6-18-8-10-22-11-9-18/h4-5,12,17-18,20,22H,6-11,13-14H2,1-3H3/t17-,20+/m1/s1. The Morgan fingerprint density at radius 3 is 2.80 bits per heavy atom. The summed E-state index contributed by atoms with van der Waals surface area (Å²) in [7, 11) is 0. The van der Waals surface area contributed by atoms with Gasteiger partial charge in [-0.3, -0.25) is 4.79 Å². The van der Waals surface area contributed by atoms with Crippen LogP contribution in [0.15, 0.2) is 18.2 Å². The van der Waals surface area contributed by atoms with Gasteiger partial charge in [0.1, 0.15) is 6.10 Å². The van der Waals surface area contributed by atoms with E-state index >= 15 is 0 Å². The number of nitrogens with one attached hydrogen (secondary N) is 1. The summed E-state index contributed by atoms with van der Waals surface area (Å²) >= 11 is 0. The van der Waals surface area contributed by atoms with Crippen LogP contribution in [0.5, 0.6) is 0 Å². The second-order valence-electron chi connectivity index (χ2n) is 7.81. The summed E-state index contributed by atoms with van der Waals surface area (Å²) in [6, 6.07) is 6.65. The molecule has 1 N–H and O–H groups in total. The molecular formula is C21H32N2O2. The minimum atomic E-state index is -0.000990. The second kappa shape index (κ2) is 8.33. The summed E-state index contributed by atoms with van der Waals surface area (Å²) in [5.74, 6) is 1.00. The highest BCUT2D eigenvalue weighted by atomic mass is 16.5. The molecule has 0 aliphatic carbocycles. The lowest BCUT2D eigenvalue weighted by Crippen LogP contribution is -2.48. The molecule has 2 atom stereocenters. The van der Waals surface area contributed by atoms with Gasteiger partial charge in [0.15, 0.2) is 0 Å². The molecule has 4 nitrogen and oxygen atoms in total. The molecule has 2 fully saturated rings. The molecular weight excluding hydrogens is 312 g/mol. The zero-order valence-corrected chi connectivity index (χ0v) is 15.9. The van der Waals surface area contributed by atoms with Crippen LogP contribution in [-0.4, -0.2) is 43.1 Å². The topological polar surface area (TPSA) is 41.6 Å². The van der Waals surface area contributed by atoms with E-state index in [1.807, 2.05) is 0 Å². The van der Waals surface area contributed by atoms with Crippen molar-refractivity contribution in [1.29, 1.82) is 0 Å². The number of rotatable bonds is 4. The minimum Gasteiger partial charge on any atom is -0.370 e. The predicted molar refractivity (Wildman–Crippen MR) is 101 cm³/mol. The highest BCUT2D eigenvalue weighted by molar-refractivity contribution is 5.76. The van der Waals surface area contributed by atoms with Crippen LogP contribution >= 0.6 is 0 Å². The first-order valence-corrected chi connectivity index (χ1v) is 9.73. The summed E-state index contributed by atoms with van der Waals surface area (Å²) in [4.78, 5) is 14.9. The number of benzene rings is 1. The molecule has 3 rings (SSSR count). The number of carbonyl (C=O) groups is 1. The molecule has 2 heterocycles. The SMILES string of the molecule is Cc1ccc(C)c([C@@H]2CN(C(=O)CCC3CCNCC3)[C@H](C)CO2)c1. The number of morpholine rings is 1. The van der Waals surface area contributed by atoms with Gasteiger partial charge in [0.05, 0.1) is 19.2 Å². The van der Waals surface area contributed by atoms with E-state index in [1.54, 1.807) is 0 Å². The van der Waals surface area contributed by atoms with Crippen molar-refractivity contribution in [3.05, 3.63) is 34.9 Å². The Bertz CT molecular complexity index is 596. The van der Waals surface area contributed by atoms with Gasteiger partial charge in [0.2, 0.25) is 5.91 Å². The van der Waals surface area contributed by atoms with E-state index in [0.29, 0.717) is 31.4 Å². The predicted octanol–water partition coefficient (Wildman–Crippen LogP) is 3.37. The number of hydrogen-bond donors (Lipinski definition) is 1. The maximum absolute atomic E-state index is 12.8. The first kappa shape index (κ1) is 18.4. The Morgan fingerprint density at radius 1 is 1.28 bits per heavy atom. The summed E-state index contributed by atoms with van der Waals surface area (Å²) in [5, 5.41) is 3.39. The summed E-state index contributed by atoms with van der Waals surface area (Å²) in [5.41, 5.74) is 3.71. The van der Waals surface area contributed by atoms with Gasteiger partial charge in [-0.15, -0.1) is 0 Å². The fraction of sp³-hybridized carbons (Fsp3) is 0.667. The molecule has 0 aromatic heterocycles. The van der Waals surface area contributed by atoms with E-state index in [-0.39, 0.29) is 12.1 Å². The van der Waals surface area contributed by atoms with E-state index in [0.717, 1.165) is 19.5 Å². The van der Waals surface area contributed by atoms with E-state index < -0.39 is 0 Å². The van der Waals surface area contributed by atoms with Crippen molar-refractivity contribution in [2.24, 2.45) is 5.92 Å². The first-order valence-electron chi connectivity index (χ1n) is 9.73. The molecule has 25 heavy (non-hydrogen) atoms. The number of hydrogen-bond acceptors (Lipinski definition) is 3. The molecule has 4 heteroatoms. The van der Waals surface area contributed by atoms with Gasteiger partial charge >= 0.3 is 0 Å². The smallest absolute Gasteiger partial charge is 0.222 e. The molecule has 0 saturated carbocycles. The maximum atomic E-state index is 12.8. The van der Waals surface area contributed by atoms with Gasteiger partial charge in [0, 0.05) is 6.42 Å². The van der Waals surface area contributed by atoms with Crippen molar-refractivity contribution in [1.82, 2.24) is 10.2 Å². The Labute approximate surface area is 151 Å². The average molecular weight is 344 g/mol. The molecule has 2 saturated heterocycles. The fourth-order valence-electron chi connectivity index (χ4n) is 4.04. The lowest BCUT2D eigenvalue weighted by atomic mass is 9.92. The molecule has 0 spiro atoms. The summed E-state index contributed by atoms with van der Waals surface area (Å²) in [6.07, 6.45) is 4.11. The highest BCUT2D eigenvalue weighted by Gasteiger charge is 2.31. The molecule has 2 aliphatic rings. The van der Waals surface area contributed by atoms with E-state index in [4.69, 9.17) is 4.74 Å². The lowest BCUT2D eigenvalue weighted by molar-refractivity contribution is -0.144. The van der Waals surface area contributed by atoms with Crippen LogP contribution in [0, 0.1) is 19.8 Å². The second-order valence-corrected chi connectivity index (χ2v) is 7.81. The zero-order chi connectivity index (χ0) is 17.8. The van der Waals surface area contributed by atoms with Crippen LogP contribution in [-0.2, 0) is 9.53 Å². The van der Waals surface area contributed by atoms with Crippen molar-refractivity contribution in [2.75, 3.05) is 26.2 Å². The number of carbonyl (C=O) groups excluding carboxylic acids is 1. The van der Waals surface area contributed by atoms with E-state index in [2.05, 4.69) is 49.2 Å². The fourth-order valence-corrected chi connectivity index (χ4v) is 4.04. The molecule has 2 aliphatic heterocycles. The van der Waals surface area contributed by atoms with Gasteiger partial charge < -0.3 is 15.0 Å². The molecule has 0 bridgehead atoms. The number of nitrogens with zero attached hydrogens (tertiary/aromatic N) is 1. The minimum absolute atomic E-state index is 0.000990. The maximum Gasteiger partial charge on any atom is 0.222 e. The van der Waals surface area contributed by atoms with Crippen molar-refractivity contribution in [3.63, 3.8) is 0 Å². The van der Waals surface area contributed by atoms with Gasteiger partial charge in [0.25, 0.3) is 0 Å². The van der Waals surface area contributed by atoms with Gasteiger partial charge in [-0.05, 0) is 70.2 Å². The molecule has 1 aromatic carbocycles. The normalized spacial score (nSPS) is 25.2. The number of amides is 1. The monoisotopic (exact) mass is 344 g/mol. The van der Waals surface area contributed by atoms with Crippen molar-refractivity contribution >= 4 is 5.91 Å². The van der Waals surface area contributed by atoms with Gasteiger partial charge in [-0.25, -0.2) is 0 Å². The van der Waals surface area contributed by atoms with Gasteiger partial charge in [-0.1, -0.05) is 23.8 Å². The van der Waals surface area contributed by atoms with Crippen LogP contribution in [0.3, 0.4) is 0 Å².